The number of rotatable bonds is 0. The van der Waals surface area contributed by atoms with Crippen LogP contribution in [0.1, 0.15) is 0 Å². The molecule has 0 radical (unpaired) electrons. The van der Waals surface area contributed by atoms with E-state index in [4.69, 9.17) is 32.1 Å². The molecule has 0 aliphatic rings. The zero-order valence-electron chi connectivity index (χ0n) is 6.38. The quantitative estimate of drug-likeness (QED) is 0.354. The molecule has 0 aromatic carbocycles. The van der Waals surface area contributed by atoms with Crippen molar-refractivity contribution in [2.75, 3.05) is 0 Å². The molecule has 0 bridgehead atoms. The van der Waals surface area contributed by atoms with Gasteiger partial charge in [-0.3, -0.25) is 0 Å². The van der Waals surface area contributed by atoms with E-state index in [1.807, 2.05) is 0 Å². The molecule has 0 unspecified atom stereocenters. The molecular formula is MgO9Ti3Zr. The van der Waals surface area contributed by atoms with Crippen molar-refractivity contribution < 1.29 is 114 Å². The Hall–Kier alpha value is 2.95. The largest absolute Gasteiger partial charge is 4.00 e. The molecule has 72 valence electrons. The molecule has 9 nitrogen and oxygen atoms in total. The second kappa shape index (κ2) is 25.0. The fraction of sp³-hybridized carbons (Fsp3) is 0. The molecule has 0 heterocycles. The minimum Gasteiger partial charge on any atom is 4.00 e. The summed E-state index contributed by atoms with van der Waals surface area (Å²) in [6, 6.07) is 0. The maximum absolute atomic E-state index is 8.58. The molecule has 0 aliphatic heterocycles. The van der Waals surface area contributed by atoms with E-state index in [9.17, 15) is 0 Å². The average Bonchev–Trinajstić information content (AvgIpc) is 1.54. The van der Waals surface area contributed by atoms with Crippen molar-refractivity contribution >= 4 is 23.1 Å². The molecule has 0 rings (SSSR count). The molecule has 14 heteroatoms. The van der Waals surface area contributed by atoms with E-state index in [1.165, 1.54) is 0 Å². The van der Waals surface area contributed by atoms with Crippen molar-refractivity contribution in [3.8, 4) is 0 Å². The second-order valence-electron chi connectivity index (χ2n) is 0.750. The molecule has 0 saturated heterocycles. The zero-order valence-corrected chi connectivity index (χ0v) is 14.9. The molecule has 0 spiro atoms. The molecule has 14 heavy (non-hydrogen) atoms. The van der Waals surface area contributed by atoms with Crippen molar-refractivity contribution in [2.45, 2.75) is 0 Å². The number of hydrogen-bond donors (Lipinski definition) is 0. The zero-order chi connectivity index (χ0) is 10.7. The summed E-state index contributed by atoms with van der Waals surface area (Å²) in [5, 5.41) is 0. The Bertz CT molecular complexity index is 118. The van der Waals surface area contributed by atoms with Crippen LogP contribution in [-0.2, 0) is 92.0 Å². The van der Waals surface area contributed by atoms with Crippen LogP contribution < -0.4 is 22.1 Å². The Morgan fingerprint density at radius 1 is 0.571 bits per heavy atom. The van der Waals surface area contributed by atoms with Gasteiger partial charge in [-0.15, -0.1) is 0 Å². The van der Waals surface area contributed by atoms with Crippen LogP contribution in [-0.4, -0.2) is 23.1 Å². The van der Waals surface area contributed by atoms with Gasteiger partial charge in [0, 0.05) is 0 Å². The van der Waals surface area contributed by atoms with E-state index in [0.29, 0.717) is 0 Å². The van der Waals surface area contributed by atoms with Crippen LogP contribution in [0.15, 0.2) is 0 Å². The van der Waals surface area contributed by atoms with Gasteiger partial charge in [-0.05, 0) is 0 Å². The van der Waals surface area contributed by atoms with Crippen LogP contribution in [0.5, 0.6) is 0 Å². The maximum atomic E-state index is 8.58. The van der Waals surface area contributed by atoms with E-state index in [1.54, 1.807) is 0 Å². The Morgan fingerprint density at radius 3 is 0.571 bits per heavy atom. The SMILES string of the molecule is [Mg+2].[O]=[Ti]([O-])[O-].[O]=[Ti]([O-])[O-].[O]=[Ti]([O-])[O-].[Zr+4]. The van der Waals surface area contributed by atoms with Gasteiger partial charge in [0.15, 0.2) is 0 Å². The van der Waals surface area contributed by atoms with Gasteiger partial charge >= 0.3 is 137 Å². The first-order chi connectivity index (χ1) is 5.20. The smallest absolute Gasteiger partial charge is 4.00 e. The molecule has 0 amide bonds. The Balaban J connectivity index is -0.0000000270. The first-order valence-corrected chi connectivity index (χ1v) is 7.57. The summed E-state index contributed by atoms with van der Waals surface area (Å²) in [6.45, 7) is 0. The Labute approximate surface area is 135 Å². The normalized spacial score (nSPS) is 5.57. The first-order valence-electron chi connectivity index (χ1n) is 1.84. The standard InChI is InChI=1S/Mg.9O.3Ti.Zr/q+2;;;;6*-1;;;;+4. The van der Waals surface area contributed by atoms with Crippen molar-refractivity contribution in [3.05, 3.63) is 0 Å². The van der Waals surface area contributed by atoms with E-state index in [0.717, 1.165) is 0 Å². The third-order valence-corrected chi connectivity index (χ3v) is 0. The minimum atomic E-state index is -4.08. The maximum Gasteiger partial charge on any atom is 4.00 e. The summed E-state index contributed by atoms with van der Waals surface area (Å²) in [4.78, 5) is 0. The summed E-state index contributed by atoms with van der Waals surface area (Å²) in [5.41, 5.74) is 0. The molecule has 0 N–H and O–H groups in total. The van der Waals surface area contributed by atoms with Gasteiger partial charge in [0.2, 0.25) is 0 Å². The molecule has 0 fully saturated rings. The van der Waals surface area contributed by atoms with Gasteiger partial charge in [-0.1, -0.05) is 0 Å². The predicted octanol–water partition coefficient (Wildman–Crippen LogP) is -7.88. The summed E-state index contributed by atoms with van der Waals surface area (Å²) in [6.07, 6.45) is 0. The molecule has 0 saturated carbocycles. The monoisotopic (exact) mass is 402 g/mol. The van der Waals surface area contributed by atoms with Crippen molar-refractivity contribution in [3.63, 3.8) is 0 Å². The second-order valence-corrected chi connectivity index (χ2v) is 3.09. The molecule has 0 aromatic heterocycles. The molecule has 0 aromatic rings. The summed E-state index contributed by atoms with van der Waals surface area (Å²) >= 11 is -12.2. The van der Waals surface area contributed by atoms with Gasteiger partial charge < -0.3 is 0 Å². The first kappa shape index (κ1) is 30.2. The van der Waals surface area contributed by atoms with Gasteiger partial charge in [0.25, 0.3) is 0 Å². The fourth-order valence-electron chi connectivity index (χ4n) is 0. The molecule has 0 atom stereocenters. The average molecular weight is 403 g/mol. The van der Waals surface area contributed by atoms with Crippen LogP contribution in [0.4, 0.5) is 0 Å². The van der Waals surface area contributed by atoms with Crippen LogP contribution in [0.25, 0.3) is 0 Å². The Kier molecular flexibility index (Phi) is 53.8. The summed E-state index contributed by atoms with van der Waals surface area (Å²) in [7, 11) is 0. The van der Waals surface area contributed by atoms with Crippen LogP contribution in [0.2, 0.25) is 0 Å². The number of hydrogen-bond acceptors (Lipinski definition) is 9. The van der Waals surface area contributed by atoms with E-state index < -0.39 is 55.8 Å². The van der Waals surface area contributed by atoms with Crippen LogP contribution in [0, 0.1) is 0 Å². The van der Waals surface area contributed by atoms with Crippen molar-refractivity contribution in [1.82, 2.24) is 0 Å². The van der Waals surface area contributed by atoms with E-state index >= 15 is 0 Å². The van der Waals surface area contributed by atoms with E-state index in [2.05, 4.69) is 0 Å². The predicted molar refractivity (Wildman–Crippen MR) is 7.81 cm³/mol. The third kappa shape index (κ3) is 334. The van der Waals surface area contributed by atoms with Gasteiger partial charge in [0.1, 0.15) is 0 Å². The minimum absolute atomic E-state index is 0. The Morgan fingerprint density at radius 2 is 0.571 bits per heavy atom. The summed E-state index contributed by atoms with van der Waals surface area (Å²) in [5.74, 6) is 0. The molecule has 0 aliphatic carbocycles. The third-order valence-electron chi connectivity index (χ3n) is 0. The van der Waals surface area contributed by atoms with Crippen LogP contribution >= 0.6 is 0 Å². The van der Waals surface area contributed by atoms with Gasteiger partial charge in [-0.2, -0.15) is 0 Å². The van der Waals surface area contributed by atoms with Crippen LogP contribution in [0.3, 0.4) is 0 Å². The summed E-state index contributed by atoms with van der Waals surface area (Å²) < 4.78 is 77.2. The van der Waals surface area contributed by atoms with Crippen molar-refractivity contribution in [2.24, 2.45) is 0 Å². The molecular weight excluding hydrogens is 403 g/mol. The van der Waals surface area contributed by atoms with Gasteiger partial charge in [-0.25, -0.2) is 0 Å². The topological polar surface area (TPSA) is 190 Å². The fourth-order valence-corrected chi connectivity index (χ4v) is 0. The van der Waals surface area contributed by atoms with Crippen molar-refractivity contribution in [1.29, 1.82) is 0 Å². The van der Waals surface area contributed by atoms with E-state index in [-0.39, 0.29) is 49.3 Å². The van der Waals surface area contributed by atoms with Gasteiger partial charge in [0.05, 0.1) is 0 Å².